The monoisotopic (exact) mass is 276 g/mol. The van der Waals surface area contributed by atoms with Gasteiger partial charge in [-0.1, -0.05) is 48.5 Å². The van der Waals surface area contributed by atoms with Crippen LogP contribution >= 0.6 is 0 Å². The molecule has 0 saturated carbocycles. The fourth-order valence-electron chi connectivity index (χ4n) is 2.62. The number of rotatable bonds is 3. The Morgan fingerprint density at radius 2 is 1.48 bits per heavy atom. The summed E-state index contributed by atoms with van der Waals surface area (Å²) < 4.78 is 5.38. The molecule has 0 spiro atoms. The van der Waals surface area contributed by atoms with Crippen molar-refractivity contribution in [2.45, 2.75) is 6.92 Å². The Bertz CT molecular complexity index is 819. The van der Waals surface area contributed by atoms with Gasteiger partial charge in [-0.2, -0.15) is 0 Å². The number of fused-ring (bicyclic) bond motifs is 1. The first-order valence-corrected chi connectivity index (χ1v) is 6.88. The maximum Gasteiger partial charge on any atom is 0.193 e. The van der Waals surface area contributed by atoms with E-state index in [4.69, 9.17) is 4.74 Å². The van der Waals surface area contributed by atoms with E-state index in [1.54, 1.807) is 7.11 Å². The molecule has 2 nitrogen and oxygen atoms in total. The lowest BCUT2D eigenvalue weighted by atomic mass is 9.94. The lowest BCUT2D eigenvalue weighted by Crippen LogP contribution is -2.04. The fourth-order valence-corrected chi connectivity index (χ4v) is 2.62. The number of aryl methyl sites for hydroxylation is 1. The highest BCUT2D eigenvalue weighted by Gasteiger charge is 2.15. The van der Waals surface area contributed by atoms with Crippen molar-refractivity contribution in [1.82, 2.24) is 0 Å². The summed E-state index contributed by atoms with van der Waals surface area (Å²) in [7, 11) is 1.64. The summed E-state index contributed by atoms with van der Waals surface area (Å²) in [5.41, 5.74) is 2.44. The van der Waals surface area contributed by atoms with Gasteiger partial charge in [0, 0.05) is 16.5 Å². The highest BCUT2D eigenvalue weighted by molar-refractivity contribution is 6.17. The van der Waals surface area contributed by atoms with E-state index in [1.165, 1.54) is 0 Å². The topological polar surface area (TPSA) is 26.3 Å². The van der Waals surface area contributed by atoms with E-state index in [0.29, 0.717) is 5.56 Å². The second-order valence-corrected chi connectivity index (χ2v) is 5.01. The molecule has 0 amide bonds. The molecule has 0 N–H and O–H groups in total. The number of hydrogen-bond donors (Lipinski definition) is 0. The van der Waals surface area contributed by atoms with Crippen LogP contribution in [0.2, 0.25) is 0 Å². The van der Waals surface area contributed by atoms with E-state index in [-0.39, 0.29) is 5.78 Å². The summed E-state index contributed by atoms with van der Waals surface area (Å²) in [4.78, 5) is 12.8. The molecule has 0 aromatic heterocycles. The Labute approximate surface area is 124 Å². The molecule has 0 saturated heterocycles. The molecule has 0 aliphatic carbocycles. The number of ketones is 1. The minimum absolute atomic E-state index is 0.0481. The summed E-state index contributed by atoms with van der Waals surface area (Å²) in [6.07, 6.45) is 0. The van der Waals surface area contributed by atoms with Crippen molar-refractivity contribution in [2.75, 3.05) is 7.11 Å². The van der Waals surface area contributed by atoms with Crippen LogP contribution in [0, 0.1) is 6.92 Å². The van der Waals surface area contributed by atoms with Crippen molar-refractivity contribution in [1.29, 1.82) is 0 Å². The predicted octanol–water partition coefficient (Wildman–Crippen LogP) is 4.39. The smallest absolute Gasteiger partial charge is 0.193 e. The molecule has 104 valence electrons. The molecule has 0 aliphatic heterocycles. The van der Waals surface area contributed by atoms with Crippen LogP contribution in [0.5, 0.6) is 5.75 Å². The standard InChI is InChI=1S/C19H16O2/c1-13-7-3-4-8-14(13)19(20)17-11-12-18(21-2)16-10-6-5-9-15(16)17/h3-12H,1-2H3. The van der Waals surface area contributed by atoms with Crippen molar-refractivity contribution in [3.8, 4) is 5.75 Å². The Morgan fingerprint density at radius 3 is 2.19 bits per heavy atom. The van der Waals surface area contributed by atoms with Gasteiger partial charge >= 0.3 is 0 Å². The normalized spacial score (nSPS) is 10.6. The van der Waals surface area contributed by atoms with Crippen LogP contribution in [-0.4, -0.2) is 12.9 Å². The van der Waals surface area contributed by atoms with Gasteiger partial charge in [0.15, 0.2) is 5.78 Å². The summed E-state index contributed by atoms with van der Waals surface area (Å²) in [5.74, 6) is 0.832. The van der Waals surface area contributed by atoms with Gasteiger partial charge in [0.1, 0.15) is 5.75 Å². The van der Waals surface area contributed by atoms with E-state index in [1.807, 2.05) is 67.6 Å². The number of carbonyl (C=O) groups excluding carboxylic acids is 1. The number of methoxy groups -OCH3 is 1. The lowest BCUT2D eigenvalue weighted by Gasteiger charge is -2.11. The van der Waals surface area contributed by atoms with Gasteiger partial charge in [-0.15, -0.1) is 0 Å². The third-order valence-electron chi connectivity index (χ3n) is 3.74. The molecule has 21 heavy (non-hydrogen) atoms. The Hall–Kier alpha value is -2.61. The van der Waals surface area contributed by atoms with Crippen molar-refractivity contribution in [3.05, 3.63) is 77.4 Å². The molecule has 0 unspecified atom stereocenters. The van der Waals surface area contributed by atoms with Crippen LogP contribution < -0.4 is 4.74 Å². The van der Waals surface area contributed by atoms with Crippen LogP contribution in [0.15, 0.2) is 60.7 Å². The quantitative estimate of drug-likeness (QED) is 0.663. The van der Waals surface area contributed by atoms with Crippen LogP contribution in [-0.2, 0) is 0 Å². The van der Waals surface area contributed by atoms with Gasteiger partial charge < -0.3 is 4.74 Å². The summed E-state index contributed by atoms with van der Waals surface area (Å²) in [6, 6.07) is 19.2. The first-order valence-electron chi connectivity index (χ1n) is 6.88. The number of benzene rings is 3. The zero-order chi connectivity index (χ0) is 14.8. The highest BCUT2D eigenvalue weighted by Crippen LogP contribution is 2.30. The SMILES string of the molecule is COc1ccc(C(=O)c2ccccc2C)c2ccccc12. The maximum absolute atomic E-state index is 12.8. The summed E-state index contributed by atoms with van der Waals surface area (Å²) in [5, 5.41) is 1.88. The van der Waals surface area contributed by atoms with Crippen LogP contribution in [0.1, 0.15) is 21.5 Å². The number of ether oxygens (including phenoxy) is 1. The fraction of sp³-hybridized carbons (Fsp3) is 0.105. The second kappa shape index (κ2) is 5.41. The van der Waals surface area contributed by atoms with Gasteiger partial charge in [0.05, 0.1) is 7.11 Å². The largest absolute Gasteiger partial charge is 0.496 e. The second-order valence-electron chi connectivity index (χ2n) is 5.01. The molecular weight excluding hydrogens is 260 g/mol. The van der Waals surface area contributed by atoms with Gasteiger partial charge in [0.25, 0.3) is 0 Å². The lowest BCUT2D eigenvalue weighted by molar-refractivity contribution is 0.103. The van der Waals surface area contributed by atoms with Crippen molar-refractivity contribution >= 4 is 16.6 Å². The zero-order valence-electron chi connectivity index (χ0n) is 12.1. The predicted molar refractivity (Wildman–Crippen MR) is 85.1 cm³/mol. The van der Waals surface area contributed by atoms with E-state index in [9.17, 15) is 4.79 Å². The average Bonchev–Trinajstić information content (AvgIpc) is 2.53. The molecule has 0 atom stereocenters. The third-order valence-corrected chi connectivity index (χ3v) is 3.74. The molecule has 0 bridgehead atoms. The third kappa shape index (κ3) is 2.29. The van der Waals surface area contributed by atoms with Crippen LogP contribution in [0.25, 0.3) is 10.8 Å². The van der Waals surface area contributed by atoms with Crippen molar-refractivity contribution in [3.63, 3.8) is 0 Å². The molecule has 0 fully saturated rings. The maximum atomic E-state index is 12.8. The minimum atomic E-state index is 0.0481. The first-order chi connectivity index (χ1) is 10.2. The van der Waals surface area contributed by atoms with Gasteiger partial charge in [-0.3, -0.25) is 4.79 Å². The van der Waals surface area contributed by atoms with Gasteiger partial charge in [-0.05, 0) is 30.0 Å². The Kier molecular flexibility index (Phi) is 3.44. The summed E-state index contributed by atoms with van der Waals surface area (Å²) >= 11 is 0. The molecule has 2 heteroatoms. The molecular formula is C19H16O2. The molecule has 3 aromatic carbocycles. The van der Waals surface area contributed by atoms with Gasteiger partial charge in [0.2, 0.25) is 0 Å². The summed E-state index contributed by atoms with van der Waals surface area (Å²) in [6.45, 7) is 1.96. The van der Waals surface area contributed by atoms with Crippen LogP contribution in [0.4, 0.5) is 0 Å². The van der Waals surface area contributed by atoms with E-state index >= 15 is 0 Å². The average molecular weight is 276 g/mol. The number of carbonyl (C=O) groups is 1. The molecule has 0 radical (unpaired) electrons. The Morgan fingerprint density at radius 1 is 0.810 bits per heavy atom. The molecule has 3 rings (SSSR count). The zero-order valence-corrected chi connectivity index (χ0v) is 12.1. The van der Waals surface area contributed by atoms with Gasteiger partial charge in [-0.25, -0.2) is 0 Å². The van der Waals surface area contributed by atoms with Crippen molar-refractivity contribution in [2.24, 2.45) is 0 Å². The molecule has 3 aromatic rings. The highest BCUT2D eigenvalue weighted by atomic mass is 16.5. The Balaban J connectivity index is 2.22. The molecule has 0 heterocycles. The number of hydrogen-bond acceptors (Lipinski definition) is 2. The molecule has 0 aliphatic rings. The van der Waals surface area contributed by atoms with Crippen LogP contribution in [0.3, 0.4) is 0 Å². The van der Waals surface area contributed by atoms with Crippen molar-refractivity contribution < 1.29 is 9.53 Å². The minimum Gasteiger partial charge on any atom is -0.496 e. The van der Waals surface area contributed by atoms with E-state index in [0.717, 1.165) is 27.6 Å². The first kappa shape index (κ1) is 13.4. The van der Waals surface area contributed by atoms with E-state index in [2.05, 4.69) is 0 Å². The van der Waals surface area contributed by atoms with E-state index < -0.39 is 0 Å².